The molecule has 3 atom stereocenters. The Labute approximate surface area is 208 Å². The Balaban J connectivity index is 3.00. The van der Waals surface area contributed by atoms with Gasteiger partial charge in [-0.2, -0.15) is 0 Å². The zero-order valence-electron chi connectivity index (χ0n) is 20.8. The van der Waals surface area contributed by atoms with Crippen molar-refractivity contribution in [2.45, 2.75) is 89.6 Å². The maximum absolute atomic E-state index is 13.3. The third-order valence-corrected chi connectivity index (χ3v) is 6.33. The van der Waals surface area contributed by atoms with Crippen LogP contribution in [-0.2, 0) is 19.2 Å². The van der Waals surface area contributed by atoms with Crippen molar-refractivity contribution < 1.29 is 24.0 Å². The van der Waals surface area contributed by atoms with Gasteiger partial charge in [0.15, 0.2) is 5.78 Å². The first-order chi connectivity index (χ1) is 16.7. The van der Waals surface area contributed by atoms with Gasteiger partial charge in [-0.25, -0.2) is 4.79 Å². The van der Waals surface area contributed by atoms with E-state index in [-0.39, 0.29) is 37.5 Å². The number of rotatable bonds is 16. The van der Waals surface area contributed by atoms with Crippen LogP contribution >= 0.6 is 0 Å². The number of hydrogen-bond acceptors (Lipinski definition) is 5. The maximum atomic E-state index is 13.3. The van der Waals surface area contributed by atoms with Gasteiger partial charge in [-0.1, -0.05) is 45.1 Å². The van der Waals surface area contributed by atoms with E-state index in [0.29, 0.717) is 12.8 Å². The molecule has 9 nitrogen and oxygen atoms in total. The monoisotopic (exact) mass is 488 g/mol. The highest BCUT2D eigenvalue weighted by atomic mass is 16.2. The predicted octanol–water partition coefficient (Wildman–Crippen LogP) is 2.14. The fourth-order valence-electron chi connectivity index (χ4n) is 4.42. The molecular weight excluding hydrogens is 448 g/mol. The van der Waals surface area contributed by atoms with Crippen LogP contribution in [0.15, 0.2) is 12.7 Å². The van der Waals surface area contributed by atoms with Crippen molar-refractivity contribution in [1.82, 2.24) is 16.0 Å². The lowest BCUT2D eigenvalue weighted by molar-refractivity contribution is -0.140. The van der Waals surface area contributed by atoms with Crippen LogP contribution in [0, 0.1) is 24.2 Å². The summed E-state index contributed by atoms with van der Waals surface area (Å²) in [7, 11) is 0. The molecule has 9 heteroatoms. The first-order valence-electron chi connectivity index (χ1n) is 12.5. The summed E-state index contributed by atoms with van der Waals surface area (Å²) in [5.41, 5.74) is 5.34. The number of unbranched alkanes of at least 4 members (excludes halogenated alkanes) is 1. The molecule has 0 aliphatic heterocycles. The summed E-state index contributed by atoms with van der Waals surface area (Å²) in [6.45, 7) is 5.58. The summed E-state index contributed by atoms with van der Waals surface area (Å²) in [5, 5.41) is 7.65. The fourth-order valence-corrected chi connectivity index (χ4v) is 4.42. The van der Waals surface area contributed by atoms with Gasteiger partial charge in [0.05, 0.1) is 12.1 Å². The molecule has 0 saturated heterocycles. The van der Waals surface area contributed by atoms with Crippen molar-refractivity contribution in [1.29, 1.82) is 0 Å². The smallest absolute Gasteiger partial charge is 0.312 e. The van der Waals surface area contributed by atoms with Gasteiger partial charge in [0.2, 0.25) is 11.7 Å². The van der Waals surface area contributed by atoms with Crippen LogP contribution in [-0.4, -0.2) is 48.0 Å². The van der Waals surface area contributed by atoms with Crippen LogP contribution in [0.5, 0.6) is 0 Å². The number of nitrogens with one attached hydrogen (secondary N) is 3. The number of amides is 4. The number of carbonyl (C=O) groups excluding carboxylic acids is 5. The molecule has 0 spiro atoms. The van der Waals surface area contributed by atoms with E-state index in [2.05, 4.69) is 28.4 Å². The second kappa shape index (κ2) is 16.5. The van der Waals surface area contributed by atoms with Gasteiger partial charge in [0, 0.05) is 25.3 Å². The zero-order chi connectivity index (χ0) is 26.2. The van der Waals surface area contributed by atoms with E-state index in [9.17, 15) is 24.0 Å². The quantitative estimate of drug-likeness (QED) is 0.149. The normalized spacial score (nSPS) is 16.1. The Morgan fingerprint density at radius 3 is 2.37 bits per heavy atom. The molecule has 3 unspecified atom stereocenters. The third kappa shape index (κ3) is 10.8. The molecule has 0 aromatic rings. The van der Waals surface area contributed by atoms with Crippen LogP contribution in [0.1, 0.15) is 77.6 Å². The largest absolute Gasteiger partial charge is 0.352 e. The van der Waals surface area contributed by atoms with Crippen molar-refractivity contribution in [2.75, 3.05) is 6.54 Å². The summed E-state index contributed by atoms with van der Waals surface area (Å²) in [6.07, 6.45) is 13.6. The average Bonchev–Trinajstić information content (AvgIpc) is 2.85. The van der Waals surface area contributed by atoms with Crippen molar-refractivity contribution in [3.63, 3.8) is 0 Å². The van der Waals surface area contributed by atoms with E-state index in [1.807, 2.05) is 6.92 Å². The van der Waals surface area contributed by atoms with Gasteiger partial charge in [-0.05, 0) is 31.6 Å². The topological polar surface area (TPSA) is 147 Å². The van der Waals surface area contributed by atoms with Crippen molar-refractivity contribution in [3.05, 3.63) is 12.7 Å². The SMILES string of the molecule is C#CCCC(NC(=O)C(CCCC)CC(=O)C(NC(N)=O)C1CCCCC1)C(=O)C(=O)NCC=C. The molecule has 1 aliphatic rings. The van der Waals surface area contributed by atoms with Crippen LogP contribution in [0.4, 0.5) is 4.79 Å². The number of nitrogens with two attached hydrogens (primary N) is 1. The standard InChI is InChI=1S/C26H40N4O5/c1-4-7-12-19(17-21(31)22(30-26(27)35)18-13-10-9-11-14-18)24(33)29-20(15-8-5-2)23(32)25(34)28-16-6-3/h2,6,18-20,22H,3-4,7-17H2,1H3,(H,28,34)(H,29,33)(H3,27,30,35). The number of Topliss-reactive ketones (excluding diaryl/α,β-unsaturated/α-hetero) is 2. The van der Waals surface area contributed by atoms with Crippen molar-refractivity contribution in [2.24, 2.45) is 17.6 Å². The van der Waals surface area contributed by atoms with Crippen LogP contribution in [0.2, 0.25) is 0 Å². The van der Waals surface area contributed by atoms with Gasteiger partial charge in [-0.3, -0.25) is 19.2 Å². The van der Waals surface area contributed by atoms with E-state index < -0.39 is 41.6 Å². The summed E-state index contributed by atoms with van der Waals surface area (Å²) in [5.74, 6) is -0.678. The summed E-state index contributed by atoms with van der Waals surface area (Å²) in [6, 6.07) is -2.61. The van der Waals surface area contributed by atoms with Crippen LogP contribution in [0.3, 0.4) is 0 Å². The number of carbonyl (C=O) groups is 5. The van der Waals surface area contributed by atoms with Gasteiger partial charge in [0.25, 0.3) is 5.91 Å². The highest BCUT2D eigenvalue weighted by molar-refractivity contribution is 6.38. The van der Waals surface area contributed by atoms with Crippen molar-refractivity contribution >= 4 is 29.4 Å². The summed E-state index contributed by atoms with van der Waals surface area (Å²) in [4.78, 5) is 62.8. The highest BCUT2D eigenvalue weighted by Crippen LogP contribution is 2.28. The minimum atomic E-state index is -1.10. The van der Waals surface area contributed by atoms with Gasteiger partial charge < -0.3 is 21.7 Å². The van der Waals surface area contributed by atoms with E-state index in [1.54, 1.807) is 0 Å². The summed E-state index contributed by atoms with van der Waals surface area (Å²) < 4.78 is 0. The molecule has 0 radical (unpaired) electrons. The van der Waals surface area contributed by atoms with Crippen LogP contribution in [0.25, 0.3) is 0 Å². The minimum absolute atomic E-state index is 0.0165. The number of hydrogen-bond donors (Lipinski definition) is 4. The van der Waals surface area contributed by atoms with E-state index in [4.69, 9.17) is 12.2 Å². The first kappa shape index (κ1) is 29.9. The van der Waals surface area contributed by atoms with E-state index in [1.165, 1.54) is 6.08 Å². The van der Waals surface area contributed by atoms with E-state index >= 15 is 0 Å². The van der Waals surface area contributed by atoms with Crippen molar-refractivity contribution in [3.8, 4) is 12.3 Å². The van der Waals surface area contributed by atoms with Crippen LogP contribution < -0.4 is 21.7 Å². The predicted molar refractivity (Wildman–Crippen MR) is 134 cm³/mol. The lowest BCUT2D eigenvalue weighted by Gasteiger charge is -2.30. The number of urea groups is 1. The summed E-state index contributed by atoms with van der Waals surface area (Å²) >= 11 is 0. The molecule has 194 valence electrons. The highest BCUT2D eigenvalue weighted by Gasteiger charge is 2.34. The molecule has 1 saturated carbocycles. The molecule has 0 heterocycles. The molecule has 5 N–H and O–H groups in total. The fraction of sp³-hybridized carbons (Fsp3) is 0.654. The molecule has 1 rings (SSSR count). The maximum Gasteiger partial charge on any atom is 0.312 e. The number of primary amides is 1. The van der Waals surface area contributed by atoms with Gasteiger partial charge in [0.1, 0.15) is 0 Å². The molecule has 0 aromatic heterocycles. The minimum Gasteiger partial charge on any atom is -0.352 e. The second-order valence-corrected chi connectivity index (χ2v) is 9.06. The Bertz CT molecular complexity index is 798. The molecular formula is C26H40N4O5. The molecule has 1 aliphatic carbocycles. The van der Waals surface area contributed by atoms with Gasteiger partial charge in [-0.15, -0.1) is 18.9 Å². The molecule has 0 aromatic carbocycles. The Morgan fingerprint density at radius 1 is 1.11 bits per heavy atom. The van der Waals surface area contributed by atoms with E-state index in [0.717, 1.165) is 38.5 Å². The number of ketones is 2. The Hall–Kier alpha value is -3.15. The molecule has 1 fully saturated rings. The molecule has 4 amide bonds. The third-order valence-electron chi connectivity index (χ3n) is 6.33. The zero-order valence-corrected chi connectivity index (χ0v) is 20.8. The molecule has 35 heavy (non-hydrogen) atoms. The second-order valence-electron chi connectivity index (χ2n) is 9.06. The first-order valence-corrected chi connectivity index (χ1v) is 12.5. The van der Waals surface area contributed by atoms with Gasteiger partial charge >= 0.3 is 6.03 Å². The average molecular weight is 489 g/mol. The number of terminal acetylenes is 1. The lowest BCUT2D eigenvalue weighted by Crippen LogP contribution is -2.51. The Morgan fingerprint density at radius 2 is 1.80 bits per heavy atom. The molecule has 0 bridgehead atoms. The lowest BCUT2D eigenvalue weighted by atomic mass is 9.80. The Kier molecular flexibility index (Phi) is 14.1.